The maximum absolute atomic E-state index is 13.1. The van der Waals surface area contributed by atoms with Crippen molar-refractivity contribution in [2.24, 2.45) is 7.05 Å². The number of carbonyl (C=O) groups is 2. The number of hydrogen-bond acceptors (Lipinski definition) is 3. The number of amides is 2. The lowest BCUT2D eigenvalue weighted by Crippen LogP contribution is -2.47. The lowest BCUT2D eigenvalue weighted by Gasteiger charge is -2.36. The highest BCUT2D eigenvalue weighted by atomic mass is 19.1. The molecule has 2 aromatic rings. The van der Waals surface area contributed by atoms with Crippen molar-refractivity contribution < 1.29 is 14.0 Å². The van der Waals surface area contributed by atoms with E-state index in [0.717, 1.165) is 31.4 Å². The molecule has 27 heavy (non-hydrogen) atoms. The molecule has 2 saturated heterocycles. The molecular weight excluding hydrogens is 347 g/mol. The van der Waals surface area contributed by atoms with Gasteiger partial charge in [-0.2, -0.15) is 5.10 Å². The van der Waals surface area contributed by atoms with E-state index in [4.69, 9.17) is 0 Å². The lowest BCUT2D eigenvalue weighted by atomic mass is 10.0. The van der Waals surface area contributed by atoms with E-state index in [2.05, 4.69) is 5.10 Å². The molecule has 1 aromatic carbocycles. The van der Waals surface area contributed by atoms with Crippen molar-refractivity contribution in [2.45, 2.75) is 31.7 Å². The molecule has 142 valence electrons. The standard InChI is InChI=1S/C20H23FN4O2/c1-23-18(13-17(22-23)14-4-6-15(21)7-5-14)20(27)24-11-8-16(9-12-24)25-10-2-3-19(25)26/h4-7,13,16H,2-3,8-12H2,1H3. The van der Waals surface area contributed by atoms with Gasteiger partial charge in [0.2, 0.25) is 5.91 Å². The quantitative estimate of drug-likeness (QED) is 0.834. The van der Waals surface area contributed by atoms with Gasteiger partial charge in [0.05, 0.1) is 5.69 Å². The molecule has 0 aliphatic carbocycles. The minimum atomic E-state index is -0.301. The first kappa shape index (κ1) is 17.7. The van der Waals surface area contributed by atoms with E-state index in [1.165, 1.54) is 12.1 Å². The predicted molar refractivity (Wildman–Crippen MR) is 98.5 cm³/mol. The van der Waals surface area contributed by atoms with Crippen LogP contribution in [0.3, 0.4) is 0 Å². The molecule has 4 rings (SSSR count). The number of nitrogens with zero attached hydrogens (tertiary/aromatic N) is 4. The van der Waals surface area contributed by atoms with Crippen molar-refractivity contribution in [3.63, 3.8) is 0 Å². The molecule has 3 heterocycles. The first-order valence-electron chi connectivity index (χ1n) is 9.41. The molecule has 2 fully saturated rings. The number of aromatic nitrogens is 2. The second-order valence-corrected chi connectivity index (χ2v) is 7.26. The first-order chi connectivity index (χ1) is 13.0. The van der Waals surface area contributed by atoms with Gasteiger partial charge in [0.25, 0.3) is 5.91 Å². The number of piperidine rings is 1. The maximum atomic E-state index is 13.1. The number of rotatable bonds is 3. The molecule has 1 aromatic heterocycles. The van der Waals surface area contributed by atoms with Crippen LogP contribution in [-0.2, 0) is 11.8 Å². The topological polar surface area (TPSA) is 58.4 Å². The number of benzene rings is 1. The Morgan fingerprint density at radius 1 is 1.15 bits per heavy atom. The lowest BCUT2D eigenvalue weighted by molar-refractivity contribution is -0.130. The second-order valence-electron chi connectivity index (χ2n) is 7.26. The number of carbonyl (C=O) groups excluding carboxylic acids is 2. The van der Waals surface area contributed by atoms with Crippen molar-refractivity contribution >= 4 is 11.8 Å². The third-order valence-electron chi connectivity index (χ3n) is 5.54. The van der Waals surface area contributed by atoms with E-state index in [0.29, 0.717) is 30.9 Å². The van der Waals surface area contributed by atoms with Gasteiger partial charge in [0, 0.05) is 44.7 Å². The van der Waals surface area contributed by atoms with Crippen LogP contribution in [0.1, 0.15) is 36.2 Å². The molecular formula is C20H23FN4O2. The summed E-state index contributed by atoms with van der Waals surface area (Å²) in [7, 11) is 1.75. The van der Waals surface area contributed by atoms with Crippen molar-refractivity contribution in [3.8, 4) is 11.3 Å². The molecule has 2 amide bonds. The smallest absolute Gasteiger partial charge is 0.272 e. The Kier molecular flexibility index (Phi) is 4.68. The summed E-state index contributed by atoms with van der Waals surface area (Å²) in [4.78, 5) is 28.7. The number of aryl methyl sites for hydroxylation is 1. The van der Waals surface area contributed by atoms with Crippen LogP contribution in [0, 0.1) is 5.82 Å². The average Bonchev–Trinajstić information content (AvgIpc) is 3.27. The van der Waals surface area contributed by atoms with Gasteiger partial charge in [0.15, 0.2) is 0 Å². The van der Waals surface area contributed by atoms with Gasteiger partial charge in [-0.25, -0.2) is 4.39 Å². The Morgan fingerprint density at radius 2 is 1.85 bits per heavy atom. The van der Waals surface area contributed by atoms with E-state index in [9.17, 15) is 14.0 Å². The molecule has 2 aliphatic rings. The van der Waals surface area contributed by atoms with Crippen LogP contribution in [0.4, 0.5) is 4.39 Å². The van der Waals surface area contributed by atoms with Gasteiger partial charge in [-0.15, -0.1) is 0 Å². The van der Waals surface area contributed by atoms with Gasteiger partial charge in [-0.1, -0.05) is 0 Å². The molecule has 0 radical (unpaired) electrons. The minimum absolute atomic E-state index is 0.0513. The zero-order valence-electron chi connectivity index (χ0n) is 15.4. The summed E-state index contributed by atoms with van der Waals surface area (Å²) in [5.41, 5.74) is 1.95. The normalized spacial score (nSPS) is 18.4. The molecule has 0 unspecified atom stereocenters. The fraction of sp³-hybridized carbons (Fsp3) is 0.450. The molecule has 2 aliphatic heterocycles. The van der Waals surface area contributed by atoms with Crippen LogP contribution in [0.2, 0.25) is 0 Å². The Labute approximate surface area is 157 Å². The van der Waals surface area contributed by atoms with Crippen LogP contribution in [-0.4, -0.2) is 57.1 Å². The van der Waals surface area contributed by atoms with Crippen LogP contribution in [0.15, 0.2) is 30.3 Å². The minimum Gasteiger partial charge on any atom is -0.340 e. The fourth-order valence-electron chi connectivity index (χ4n) is 4.03. The highest BCUT2D eigenvalue weighted by Crippen LogP contribution is 2.24. The van der Waals surface area contributed by atoms with Crippen LogP contribution >= 0.6 is 0 Å². The monoisotopic (exact) mass is 370 g/mol. The Hall–Kier alpha value is -2.70. The van der Waals surface area contributed by atoms with Gasteiger partial charge < -0.3 is 9.80 Å². The van der Waals surface area contributed by atoms with Gasteiger partial charge >= 0.3 is 0 Å². The van der Waals surface area contributed by atoms with Crippen LogP contribution in [0.5, 0.6) is 0 Å². The maximum Gasteiger partial charge on any atom is 0.272 e. The third kappa shape index (κ3) is 3.46. The molecule has 0 saturated carbocycles. The van der Waals surface area contributed by atoms with E-state index in [1.54, 1.807) is 29.9 Å². The summed E-state index contributed by atoms with van der Waals surface area (Å²) in [5, 5.41) is 4.41. The Bertz CT molecular complexity index is 853. The summed E-state index contributed by atoms with van der Waals surface area (Å²) in [6.45, 7) is 2.13. The molecule has 6 nitrogen and oxygen atoms in total. The SMILES string of the molecule is Cn1nc(-c2ccc(F)cc2)cc1C(=O)N1CCC(N2CCCC2=O)CC1. The molecule has 0 bridgehead atoms. The number of hydrogen-bond donors (Lipinski definition) is 0. The molecule has 0 N–H and O–H groups in total. The summed E-state index contributed by atoms with van der Waals surface area (Å²) >= 11 is 0. The van der Waals surface area contributed by atoms with Crippen molar-refractivity contribution in [2.75, 3.05) is 19.6 Å². The van der Waals surface area contributed by atoms with Gasteiger partial charge in [-0.3, -0.25) is 14.3 Å². The van der Waals surface area contributed by atoms with Gasteiger partial charge in [-0.05, 0) is 49.6 Å². The van der Waals surface area contributed by atoms with Crippen LogP contribution in [0.25, 0.3) is 11.3 Å². The summed E-state index contributed by atoms with van der Waals surface area (Å²) in [6, 6.07) is 8.09. The zero-order valence-corrected chi connectivity index (χ0v) is 15.4. The van der Waals surface area contributed by atoms with Crippen molar-refractivity contribution in [1.82, 2.24) is 19.6 Å². The predicted octanol–water partition coefficient (Wildman–Crippen LogP) is 2.45. The average molecular weight is 370 g/mol. The van der Waals surface area contributed by atoms with Crippen molar-refractivity contribution in [1.29, 1.82) is 0 Å². The molecule has 0 spiro atoms. The Balaban J connectivity index is 1.44. The van der Waals surface area contributed by atoms with E-state index in [-0.39, 0.29) is 23.7 Å². The van der Waals surface area contributed by atoms with Crippen molar-refractivity contribution in [3.05, 3.63) is 41.8 Å². The number of likely N-dealkylation sites (tertiary alicyclic amines) is 2. The largest absolute Gasteiger partial charge is 0.340 e. The second kappa shape index (κ2) is 7.13. The molecule has 7 heteroatoms. The summed E-state index contributed by atoms with van der Waals surface area (Å²) in [5.74, 6) is -0.106. The van der Waals surface area contributed by atoms with E-state index in [1.807, 2.05) is 9.80 Å². The van der Waals surface area contributed by atoms with Gasteiger partial charge in [0.1, 0.15) is 11.5 Å². The number of halogens is 1. The highest BCUT2D eigenvalue weighted by Gasteiger charge is 2.32. The summed E-state index contributed by atoms with van der Waals surface area (Å²) < 4.78 is 14.7. The van der Waals surface area contributed by atoms with E-state index < -0.39 is 0 Å². The first-order valence-corrected chi connectivity index (χ1v) is 9.41. The van der Waals surface area contributed by atoms with Crippen LogP contribution < -0.4 is 0 Å². The molecule has 0 atom stereocenters. The third-order valence-corrected chi connectivity index (χ3v) is 5.54. The Morgan fingerprint density at radius 3 is 2.48 bits per heavy atom. The highest BCUT2D eigenvalue weighted by molar-refractivity contribution is 5.93. The summed E-state index contributed by atoms with van der Waals surface area (Å²) in [6.07, 6.45) is 3.24. The van der Waals surface area contributed by atoms with E-state index >= 15 is 0 Å². The zero-order chi connectivity index (χ0) is 19.0. The fourth-order valence-corrected chi connectivity index (χ4v) is 4.03.